The fourth-order valence-corrected chi connectivity index (χ4v) is 1.56. The third kappa shape index (κ3) is 4.62. The van der Waals surface area contributed by atoms with Gasteiger partial charge < -0.3 is 10.6 Å². The van der Waals surface area contributed by atoms with Crippen LogP contribution in [-0.2, 0) is 0 Å². The lowest BCUT2D eigenvalue weighted by molar-refractivity contribution is 0.0959. The minimum Gasteiger partial charge on any atom is -0.382 e. The van der Waals surface area contributed by atoms with Crippen LogP contribution in [0.5, 0.6) is 0 Å². The summed E-state index contributed by atoms with van der Waals surface area (Å²) in [4.78, 5) is 12.0. The molecule has 0 heterocycles. The van der Waals surface area contributed by atoms with E-state index in [1.807, 2.05) is 44.2 Å². The van der Waals surface area contributed by atoms with E-state index in [1.165, 1.54) is 5.57 Å². The van der Waals surface area contributed by atoms with Crippen LogP contribution in [0.1, 0.15) is 38.1 Å². The number of allylic oxidation sites excluding steroid dienone is 1. The normalized spacial score (nSPS) is 10.1. The fraction of sp³-hybridized carbons (Fsp3) is 0.400. The molecule has 0 aliphatic carbocycles. The van der Waals surface area contributed by atoms with Crippen LogP contribution in [0.2, 0.25) is 0 Å². The van der Waals surface area contributed by atoms with Gasteiger partial charge in [0.2, 0.25) is 0 Å². The Balaban J connectivity index is 2.75. The van der Waals surface area contributed by atoms with Gasteiger partial charge in [-0.2, -0.15) is 0 Å². The van der Waals surface area contributed by atoms with E-state index in [1.54, 1.807) is 0 Å². The molecule has 1 amide bonds. The summed E-state index contributed by atoms with van der Waals surface area (Å²) in [7, 11) is 0. The Labute approximate surface area is 109 Å². The molecule has 1 aromatic carbocycles. The molecule has 3 nitrogen and oxygen atoms in total. The second-order valence-electron chi connectivity index (χ2n) is 4.84. The molecular formula is C15H22N2O. The highest BCUT2D eigenvalue weighted by molar-refractivity contribution is 5.99. The zero-order valence-corrected chi connectivity index (χ0v) is 11.6. The summed E-state index contributed by atoms with van der Waals surface area (Å²) in [5, 5.41) is 6.17. The van der Waals surface area contributed by atoms with E-state index in [4.69, 9.17) is 0 Å². The maximum Gasteiger partial charge on any atom is 0.253 e. The first-order chi connectivity index (χ1) is 8.50. The number of rotatable bonds is 5. The predicted octanol–water partition coefficient (Wildman–Crippen LogP) is 3.20. The first-order valence-corrected chi connectivity index (χ1v) is 6.28. The Morgan fingerprint density at radius 3 is 2.56 bits per heavy atom. The second-order valence-corrected chi connectivity index (χ2v) is 4.84. The van der Waals surface area contributed by atoms with E-state index < -0.39 is 0 Å². The minimum absolute atomic E-state index is 0.0451. The summed E-state index contributed by atoms with van der Waals surface area (Å²) in [5.74, 6) is -0.0451. The molecule has 0 unspecified atom stereocenters. The molecule has 0 aromatic heterocycles. The predicted molar refractivity (Wildman–Crippen MR) is 77.0 cm³/mol. The van der Waals surface area contributed by atoms with Gasteiger partial charge in [0.1, 0.15) is 0 Å². The average molecular weight is 246 g/mol. The van der Waals surface area contributed by atoms with Gasteiger partial charge in [-0.25, -0.2) is 0 Å². The Bertz CT molecular complexity index is 432. The average Bonchev–Trinajstić information content (AvgIpc) is 2.28. The number of carbonyl (C=O) groups excluding carboxylic acids is 1. The lowest BCUT2D eigenvalue weighted by atomic mass is 10.1. The molecule has 2 N–H and O–H groups in total. The van der Waals surface area contributed by atoms with Crippen LogP contribution < -0.4 is 10.6 Å². The molecule has 0 aliphatic heterocycles. The Hall–Kier alpha value is -1.77. The lowest BCUT2D eigenvalue weighted by Crippen LogP contribution is -2.25. The molecule has 0 radical (unpaired) electrons. The van der Waals surface area contributed by atoms with E-state index >= 15 is 0 Å². The zero-order chi connectivity index (χ0) is 13.5. The van der Waals surface area contributed by atoms with Gasteiger partial charge in [0.15, 0.2) is 0 Å². The number of hydrogen-bond acceptors (Lipinski definition) is 2. The van der Waals surface area contributed by atoms with Crippen molar-refractivity contribution in [1.82, 2.24) is 5.32 Å². The van der Waals surface area contributed by atoms with Crippen molar-refractivity contribution in [2.75, 3.05) is 11.9 Å². The van der Waals surface area contributed by atoms with Crippen LogP contribution in [-0.4, -0.2) is 18.5 Å². The van der Waals surface area contributed by atoms with Gasteiger partial charge in [-0.05, 0) is 39.8 Å². The van der Waals surface area contributed by atoms with Gasteiger partial charge in [0.25, 0.3) is 5.91 Å². The van der Waals surface area contributed by atoms with Crippen LogP contribution in [0.25, 0.3) is 0 Å². The Morgan fingerprint density at radius 2 is 1.94 bits per heavy atom. The lowest BCUT2D eigenvalue weighted by Gasteiger charge is -2.14. The van der Waals surface area contributed by atoms with E-state index in [9.17, 15) is 4.79 Å². The number of amides is 1. The number of hydrogen-bond donors (Lipinski definition) is 2. The van der Waals surface area contributed by atoms with E-state index in [0.717, 1.165) is 5.69 Å². The largest absolute Gasteiger partial charge is 0.382 e. The Kier molecular flexibility index (Phi) is 5.43. The van der Waals surface area contributed by atoms with Crippen LogP contribution in [0, 0.1) is 0 Å². The van der Waals surface area contributed by atoms with E-state index in [-0.39, 0.29) is 5.91 Å². The summed E-state index contributed by atoms with van der Waals surface area (Å²) >= 11 is 0. The van der Waals surface area contributed by atoms with Crippen molar-refractivity contribution < 1.29 is 4.79 Å². The van der Waals surface area contributed by atoms with Crippen molar-refractivity contribution in [2.45, 2.75) is 33.7 Å². The Morgan fingerprint density at radius 1 is 1.28 bits per heavy atom. The molecule has 0 aliphatic rings. The quantitative estimate of drug-likeness (QED) is 0.783. The van der Waals surface area contributed by atoms with Gasteiger partial charge in [0, 0.05) is 18.3 Å². The highest BCUT2D eigenvalue weighted by atomic mass is 16.1. The van der Waals surface area contributed by atoms with Gasteiger partial charge in [-0.3, -0.25) is 4.79 Å². The summed E-state index contributed by atoms with van der Waals surface area (Å²) in [5.41, 5.74) is 2.76. The smallest absolute Gasteiger partial charge is 0.253 e. The van der Waals surface area contributed by atoms with Crippen molar-refractivity contribution in [2.24, 2.45) is 0 Å². The third-order valence-electron chi connectivity index (χ3n) is 2.39. The highest BCUT2D eigenvalue weighted by Gasteiger charge is 2.10. The standard InChI is InChI=1S/C15H22N2O/c1-11(2)9-10-16-15(18)13-7-5-6-8-14(13)17-12(3)4/h5-9,12,17H,10H2,1-4H3,(H,16,18). The summed E-state index contributed by atoms with van der Waals surface area (Å²) < 4.78 is 0. The number of para-hydroxylation sites is 1. The minimum atomic E-state index is -0.0451. The highest BCUT2D eigenvalue weighted by Crippen LogP contribution is 2.15. The SMILES string of the molecule is CC(C)=CCNC(=O)c1ccccc1NC(C)C. The number of nitrogens with one attached hydrogen (secondary N) is 2. The van der Waals surface area contributed by atoms with Crippen molar-refractivity contribution in [3.63, 3.8) is 0 Å². The molecule has 0 saturated heterocycles. The second kappa shape index (κ2) is 6.84. The van der Waals surface area contributed by atoms with Crippen molar-refractivity contribution in [3.8, 4) is 0 Å². The zero-order valence-electron chi connectivity index (χ0n) is 11.6. The monoisotopic (exact) mass is 246 g/mol. The van der Waals surface area contributed by atoms with E-state index in [2.05, 4.69) is 24.5 Å². The summed E-state index contributed by atoms with van der Waals surface area (Å²) in [6, 6.07) is 7.87. The molecular weight excluding hydrogens is 224 g/mol. The van der Waals surface area contributed by atoms with E-state index in [0.29, 0.717) is 18.2 Å². The molecule has 3 heteroatoms. The number of carbonyl (C=O) groups is 1. The summed E-state index contributed by atoms with van der Waals surface area (Å²) in [6.45, 7) is 8.70. The molecule has 98 valence electrons. The maximum atomic E-state index is 12.0. The van der Waals surface area contributed by atoms with Crippen molar-refractivity contribution in [1.29, 1.82) is 0 Å². The van der Waals surface area contributed by atoms with Crippen LogP contribution in [0.3, 0.4) is 0 Å². The van der Waals surface area contributed by atoms with Crippen LogP contribution >= 0.6 is 0 Å². The number of benzene rings is 1. The maximum absolute atomic E-state index is 12.0. The molecule has 0 fully saturated rings. The molecule has 0 spiro atoms. The molecule has 18 heavy (non-hydrogen) atoms. The van der Waals surface area contributed by atoms with Crippen LogP contribution in [0.15, 0.2) is 35.9 Å². The van der Waals surface area contributed by atoms with Crippen molar-refractivity contribution >= 4 is 11.6 Å². The summed E-state index contributed by atoms with van der Waals surface area (Å²) in [6.07, 6.45) is 2.00. The first-order valence-electron chi connectivity index (χ1n) is 6.28. The van der Waals surface area contributed by atoms with Gasteiger partial charge in [-0.15, -0.1) is 0 Å². The van der Waals surface area contributed by atoms with Gasteiger partial charge in [0.05, 0.1) is 5.56 Å². The topological polar surface area (TPSA) is 41.1 Å². The molecule has 0 bridgehead atoms. The molecule has 1 rings (SSSR count). The molecule has 1 aromatic rings. The fourth-order valence-electron chi connectivity index (χ4n) is 1.56. The number of anilines is 1. The first kappa shape index (κ1) is 14.3. The molecule has 0 saturated carbocycles. The van der Waals surface area contributed by atoms with Gasteiger partial charge >= 0.3 is 0 Å². The van der Waals surface area contributed by atoms with Gasteiger partial charge in [-0.1, -0.05) is 23.8 Å². The van der Waals surface area contributed by atoms with Crippen molar-refractivity contribution in [3.05, 3.63) is 41.5 Å². The van der Waals surface area contributed by atoms with Crippen LogP contribution in [0.4, 0.5) is 5.69 Å². The molecule has 0 atom stereocenters. The third-order valence-corrected chi connectivity index (χ3v) is 2.39.